The van der Waals surface area contributed by atoms with E-state index in [9.17, 15) is 21.6 Å². The lowest BCUT2D eigenvalue weighted by Crippen LogP contribution is -2.25. The van der Waals surface area contributed by atoms with Crippen molar-refractivity contribution in [2.75, 3.05) is 13.1 Å². The summed E-state index contributed by atoms with van der Waals surface area (Å²) in [6.07, 6.45) is -3.43. The molecule has 3 aromatic rings. The lowest BCUT2D eigenvalue weighted by Gasteiger charge is -2.16. The van der Waals surface area contributed by atoms with E-state index in [1.54, 1.807) is 23.7 Å². The smallest absolute Gasteiger partial charge is 0.475 e. The fourth-order valence-electron chi connectivity index (χ4n) is 4.09. The molecule has 1 aromatic carbocycles. The molecule has 1 N–H and O–H groups in total. The van der Waals surface area contributed by atoms with E-state index in [4.69, 9.17) is 14.3 Å². The molecule has 4 heterocycles. The molecule has 0 amide bonds. The summed E-state index contributed by atoms with van der Waals surface area (Å²) in [5.41, 5.74) is 3.23. The molecule has 32 heavy (non-hydrogen) atoms. The Bertz CT molecular complexity index is 1200. The van der Waals surface area contributed by atoms with Crippen molar-refractivity contribution in [2.45, 2.75) is 28.8 Å². The van der Waals surface area contributed by atoms with Crippen LogP contribution in [0.25, 0.3) is 11.1 Å². The number of alkyl halides is 3. The molecule has 0 bridgehead atoms. The Morgan fingerprint density at radius 3 is 2.53 bits per heavy atom. The molecule has 11 heteroatoms. The number of carboxylic acid groups (broad SMARTS) is 1. The van der Waals surface area contributed by atoms with E-state index in [2.05, 4.69) is 22.4 Å². The van der Waals surface area contributed by atoms with Crippen molar-refractivity contribution < 1.29 is 35.9 Å². The van der Waals surface area contributed by atoms with Gasteiger partial charge in [0.1, 0.15) is 5.76 Å². The molecule has 0 saturated carbocycles. The predicted molar refractivity (Wildman–Crippen MR) is 111 cm³/mol. The van der Waals surface area contributed by atoms with Crippen molar-refractivity contribution >= 4 is 27.1 Å². The van der Waals surface area contributed by atoms with Gasteiger partial charge in [-0.2, -0.15) is 24.5 Å². The molecule has 2 aliphatic heterocycles. The minimum absolute atomic E-state index is 0.0496. The van der Waals surface area contributed by atoms with Gasteiger partial charge in [-0.25, -0.2) is 13.2 Å². The van der Waals surface area contributed by atoms with Crippen molar-refractivity contribution in [3.8, 4) is 11.1 Å². The largest absolute Gasteiger partial charge is 0.490 e. The molecule has 0 radical (unpaired) electrons. The third-order valence-corrected chi connectivity index (χ3v) is 8.46. The Balaban J connectivity index is 0.000000307. The minimum atomic E-state index is -5.08. The quantitative estimate of drug-likeness (QED) is 0.592. The van der Waals surface area contributed by atoms with Crippen molar-refractivity contribution in [1.29, 1.82) is 0 Å². The van der Waals surface area contributed by atoms with E-state index < -0.39 is 22.0 Å². The molecular weight excluding hydrogens is 467 g/mol. The fraction of sp³-hybridized carbons (Fsp3) is 0.286. The Hall–Kier alpha value is -2.63. The van der Waals surface area contributed by atoms with E-state index in [-0.39, 0.29) is 11.2 Å². The van der Waals surface area contributed by atoms with Gasteiger partial charge in [0.25, 0.3) is 0 Å². The second kappa shape index (κ2) is 8.38. The molecule has 6 nitrogen and oxygen atoms in total. The van der Waals surface area contributed by atoms with E-state index in [0.29, 0.717) is 18.0 Å². The number of nitrogens with zero attached hydrogens (tertiary/aromatic N) is 1. The minimum Gasteiger partial charge on any atom is -0.475 e. The van der Waals surface area contributed by atoms with Crippen LogP contribution in [-0.4, -0.2) is 48.9 Å². The zero-order valence-electron chi connectivity index (χ0n) is 16.4. The number of halogens is 3. The first kappa shape index (κ1) is 22.6. The number of hydrogen-bond donors (Lipinski definition) is 1. The first-order valence-electron chi connectivity index (χ1n) is 9.52. The van der Waals surface area contributed by atoms with Crippen LogP contribution in [-0.2, 0) is 21.2 Å². The maximum Gasteiger partial charge on any atom is 0.490 e. The van der Waals surface area contributed by atoms with Gasteiger partial charge >= 0.3 is 12.1 Å². The van der Waals surface area contributed by atoms with E-state index in [1.807, 2.05) is 23.6 Å². The number of carbonyl (C=O) groups is 1. The molecule has 2 unspecified atom stereocenters. The zero-order valence-corrected chi connectivity index (χ0v) is 18.1. The first-order chi connectivity index (χ1) is 15.1. The van der Waals surface area contributed by atoms with Crippen molar-refractivity contribution in [3.63, 3.8) is 0 Å². The molecule has 5 rings (SSSR count). The molecule has 2 atom stereocenters. The molecule has 2 aliphatic rings. The molecule has 1 fully saturated rings. The topological polar surface area (TPSA) is 87.8 Å². The molecular formula is C21H18F3NO5S2. The molecule has 0 aliphatic carbocycles. The summed E-state index contributed by atoms with van der Waals surface area (Å²) in [7, 11) is -3.25. The van der Waals surface area contributed by atoms with Crippen LogP contribution in [0.5, 0.6) is 0 Å². The second-order valence-electron chi connectivity index (χ2n) is 7.53. The first-order valence-corrected chi connectivity index (χ1v) is 12.0. The highest BCUT2D eigenvalue weighted by molar-refractivity contribution is 7.92. The van der Waals surface area contributed by atoms with Crippen LogP contribution in [0, 0.1) is 0 Å². The van der Waals surface area contributed by atoms with Gasteiger partial charge in [-0.3, -0.25) is 4.90 Å². The lowest BCUT2D eigenvalue weighted by molar-refractivity contribution is -0.192. The van der Waals surface area contributed by atoms with E-state index >= 15 is 0 Å². The summed E-state index contributed by atoms with van der Waals surface area (Å²) in [6.45, 7) is 1.98. The van der Waals surface area contributed by atoms with Gasteiger partial charge in [0.2, 0.25) is 0 Å². The third kappa shape index (κ3) is 4.32. The van der Waals surface area contributed by atoms with Crippen LogP contribution >= 0.6 is 11.3 Å². The van der Waals surface area contributed by atoms with Crippen molar-refractivity contribution in [2.24, 2.45) is 0 Å². The highest BCUT2D eigenvalue weighted by atomic mass is 32.2. The van der Waals surface area contributed by atoms with Crippen LogP contribution in [0.1, 0.15) is 17.2 Å². The summed E-state index contributed by atoms with van der Waals surface area (Å²) in [5, 5.41) is 10.9. The number of fused-ring (bicyclic) bond motifs is 3. The van der Waals surface area contributed by atoms with Gasteiger partial charge in [-0.1, -0.05) is 6.07 Å². The second-order valence-corrected chi connectivity index (χ2v) is 10.4. The summed E-state index contributed by atoms with van der Waals surface area (Å²) >= 11 is 1.65. The van der Waals surface area contributed by atoms with Crippen LogP contribution < -0.4 is 0 Å². The zero-order chi connectivity index (χ0) is 23.1. The summed E-state index contributed by atoms with van der Waals surface area (Å²) < 4.78 is 63.1. The Morgan fingerprint density at radius 2 is 1.94 bits per heavy atom. The fourth-order valence-corrected chi connectivity index (χ4v) is 6.95. The summed E-state index contributed by atoms with van der Waals surface area (Å²) in [4.78, 5) is 11.6. The number of rotatable bonds is 3. The number of furan rings is 1. The average Bonchev–Trinajstić information content (AvgIpc) is 3.51. The lowest BCUT2D eigenvalue weighted by atomic mass is 9.95. The summed E-state index contributed by atoms with van der Waals surface area (Å²) in [6, 6.07) is 11.7. The summed E-state index contributed by atoms with van der Waals surface area (Å²) in [5.74, 6) is -1.83. The number of likely N-dealkylation sites (tertiary alicyclic amines) is 1. The van der Waals surface area contributed by atoms with Crippen LogP contribution in [0.4, 0.5) is 13.2 Å². The molecule has 1 saturated heterocycles. The van der Waals surface area contributed by atoms with Crippen molar-refractivity contribution in [3.05, 3.63) is 64.7 Å². The van der Waals surface area contributed by atoms with Crippen molar-refractivity contribution in [1.82, 2.24) is 4.90 Å². The van der Waals surface area contributed by atoms with Crippen LogP contribution in [0.3, 0.4) is 0 Å². The van der Waals surface area contributed by atoms with Crippen LogP contribution in [0.15, 0.2) is 62.7 Å². The van der Waals surface area contributed by atoms with Crippen LogP contribution in [0.2, 0.25) is 0 Å². The van der Waals surface area contributed by atoms with Gasteiger partial charge in [0.05, 0.1) is 23.0 Å². The van der Waals surface area contributed by atoms with Gasteiger partial charge in [-0.15, -0.1) is 0 Å². The Labute approximate surface area is 185 Å². The van der Waals surface area contributed by atoms with E-state index in [0.717, 1.165) is 29.0 Å². The number of sulfone groups is 1. The maximum absolute atomic E-state index is 13.0. The third-order valence-electron chi connectivity index (χ3n) is 5.51. The van der Waals surface area contributed by atoms with Gasteiger partial charge < -0.3 is 9.52 Å². The number of carboxylic acids is 1. The van der Waals surface area contributed by atoms with Gasteiger partial charge in [0.15, 0.2) is 9.84 Å². The Morgan fingerprint density at radius 1 is 1.19 bits per heavy atom. The van der Waals surface area contributed by atoms with E-state index in [1.165, 1.54) is 0 Å². The molecule has 2 aromatic heterocycles. The number of hydrogen-bond acceptors (Lipinski definition) is 6. The van der Waals surface area contributed by atoms with Gasteiger partial charge in [-0.05, 0) is 57.8 Å². The predicted octanol–water partition coefficient (Wildman–Crippen LogP) is 4.40. The molecule has 0 spiro atoms. The highest BCUT2D eigenvalue weighted by Gasteiger charge is 2.50. The number of benzene rings is 1. The highest BCUT2D eigenvalue weighted by Crippen LogP contribution is 2.46. The SMILES string of the molecule is O=C(O)C(F)(F)F.O=S1(=O)c2ccc(-c3ccsc3)cc2C2CN(Cc3ccco3)CC21. The number of thiophene rings is 1. The average molecular weight is 486 g/mol. The number of aliphatic carboxylic acids is 1. The Kier molecular flexibility index (Phi) is 5.91. The van der Waals surface area contributed by atoms with Gasteiger partial charge in [0, 0.05) is 19.0 Å². The monoisotopic (exact) mass is 485 g/mol. The normalized spacial score (nSPS) is 21.5. The maximum atomic E-state index is 13.0. The molecule has 170 valence electrons. The standard InChI is InChI=1S/C19H17NO3S2.C2HF3O2/c21-25(22)18-4-3-13(14-5-7-24-12-14)8-16(18)17-10-20(11-19(17)25)9-15-2-1-6-23-15;3-2(4,5)1(6)7/h1-8,12,17,19H,9-11H2;(H,6,7).